The molecule has 0 spiro atoms. The Kier molecular flexibility index (Phi) is 6.27. The van der Waals surface area contributed by atoms with Gasteiger partial charge in [-0.05, 0) is 13.0 Å². The van der Waals surface area contributed by atoms with Gasteiger partial charge >= 0.3 is 6.55 Å². The summed E-state index contributed by atoms with van der Waals surface area (Å²) in [5.41, 5.74) is 5.12. The molecule has 1 aromatic heterocycles. The number of pyridine rings is 1. The lowest BCUT2D eigenvalue weighted by molar-refractivity contribution is 0.0398. The van der Waals surface area contributed by atoms with Crippen molar-refractivity contribution in [2.24, 2.45) is 5.73 Å². The van der Waals surface area contributed by atoms with E-state index in [1.807, 2.05) is 0 Å². The number of nitrogens with zero attached hydrogens (tertiary/aromatic N) is 2. The highest BCUT2D eigenvalue weighted by molar-refractivity contribution is 5.94. The maximum Gasteiger partial charge on any atom is 0.321 e. The van der Waals surface area contributed by atoms with Gasteiger partial charge in [-0.25, -0.2) is 9.37 Å². The average Bonchev–Trinajstić information content (AvgIpc) is 2.49. The molecule has 11 heteroatoms. The summed E-state index contributed by atoms with van der Waals surface area (Å²) in [6.45, 7) is -2.42. The number of rotatable bonds is 6. The monoisotopic (exact) mass is 344 g/mol. The van der Waals surface area contributed by atoms with E-state index in [9.17, 15) is 18.0 Å². The minimum absolute atomic E-state index is 0.178. The maximum atomic E-state index is 13.1. The van der Waals surface area contributed by atoms with Gasteiger partial charge < -0.3 is 21.6 Å². The van der Waals surface area contributed by atoms with E-state index in [0.29, 0.717) is 6.21 Å². The van der Waals surface area contributed by atoms with Crippen molar-refractivity contribution in [2.75, 3.05) is 6.54 Å². The molecule has 1 aromatic rings. The van der Waals surface area contributed by atoms with Gasteiger partial charge in [-0.1, -0.05) is 0 Å². The minimum atomic E-state index is -3.09. The number of nitrogens with one attached hydrogen (secondary N) is 3. The summed E-state index contributed by atoms with van der Waals surface area (Å²) in [5, 5.41) is 25.7. The number of hydrogen-bond donors (Lipinski definition) is 5. The number of alkyl halides is 2. The topological polar surface area (TPSA) is 139 Å². The first kappa shape index (κ1) is 18.9. The third kappa shape index (κ3) is 4.44. The molecule has 0 unspecified atom stereocenters. The van der Waals surface area contributed by atoms with Gasteiger partial charge in [0.05, 0.1) is 5.56 Å². The van der Waals surface area contributed by atoms with Gasteiger partial charge in [0.2, 0.25) is 5.88 Å². The first-order chi connectivity index (χ1) is 11.2. The second-order valence-corrected chi connectivity index (χ2v) is 4.50. The fourth-order valence-corrected chi connectivity index (χ4v) is 1.63. The van der Waals surface area contributed by atoms with Gasteiger partial charge in [0, 0.05) is 24.5 Å². The van der Waals surface area contributed by atoms with Gasteiger partial charge in [-0.15, -0.1) is 0 Å². The minimum Gasteiger partial charge on any atom is -0.491 e. The smallest absolute Gasteiger partial charge is 0.321 e. The second-order valence-electron chi connectivity index (χ2n) is 4.50. The number of hydrogen-bond acceptors (Lipinski definition) is 6. The van der Waals surface area contributed by atoms with Gasteiger partial charge in [0.15, 0.2) is 5.82 Å². The van der Waals surface area contributed by atoms with E-state index in [-0.39, 0.29) is 16.0 Å². The highest BCUT2D eigenvalue weighted by Crippen LogP contribution is 2.13. The lowest BCUT2D eigenvalue weighted by Gasteiger charge is -2.24. The van der Waals surface area contributed by atoms with Crippen LogP contribution in [0.15, 0.2) is 23.7 Å². The quantitative estimate of drug-likeness (QED) is 0.298. The Morgan fingerprint density at radius 1 is 1.58 bits per heavy atom. The van der Waals surface area contributed by atoms with Crippen LogP contribution in [0.5, 0.6) is 5.88 Å². The number of aromatic hydroxyl groups is 1. The Labute approximate surface area is 134 Å². The molecule has 0 saturated heterocycles. The molecule has 0 aliphatic rings. The summed E-state index contributed by atoms with van der Waals surface area (Å²) in [5.74, 6) is -3.90. The zero-order chi connectivity index (χ0) is 18.4. The number of nitrogens with two attached hydrogens (primary N) is 1. The van der Waals surface area contributed by atoms with E-state index in [4.69, 9.17) is 21.7 Å². The number of halogens is 3. The fourth-order valence-electron chi connectivity index (χ4n) is 1.63. The Hall–Kier alpha value is -3.11. The fraction of sp³-hybridized carbons (Fsp3) is 0.231. The van der Waals surface area contributed by atoms with Gasteiger partial charge in [0.1, 0.15) is 11.7 Å². The van der Waals surface area contributed by atoms with Crippen LogP contribution in [0.25, 0.3) is 0 Å². The molecular formula is C13H15F3N6O2. The van der Waals surface area contributed by atoms with Crippen molar-refractivity contribution < 1.29 is 23.1 Å². The molecule has 0 bridgehead atoms. The zero-order valence-corrected chi connectivity index (χ0v) is 12.5. The van der Waals surface area contributed by atoms with E-state index in [0.717, 1.165) is 19.2 Å². The first-order valence-electron chi connectivity index (χ1n) is 6.43. The van der Waals surface area contributed by atoms with Crippen LogP contribution >= 0.6 is 0 Å². The van der Waals surface area contributed by atoms with Gasteiger partial charge in [0.25, 0.3) is 5.91 Å². The molecule has 0 atom stereocenters. The average molecular weight is 344 g/mol. The lowest BCUT2D eigenvalue weighted by atomic mass is 10.2. The van der Waals surface area contributed by atoms with Crippen LogP contribution in [0.4, 0.5) is 13.2 Å². The number of aromatic nitrogens is 1. The molecule has 1 heterocycles. The van der Waals surface area contributed by atoms with Crippen LogP contribution in [-0.4, -0.2) is 46.0 Å². The molecule has 130 valence electrons. The molecular weight excluding hydrogens is 329 g/mol. The van der Waals surface area contributed by atoms with E-state index < -0.39 is 42.4 Å². The molecule has 0 saturated carbocycles. The number of amidine groups is 1. The molecule has 0 aromatic carbocycles. The van der Waals surface area contributed by atoms with Crippen molar-refractivity contribution in [2.45, 2.75) is 13.5 Å². The summed E-state index contributed by atoms with van der Waals surface area (Å²) in [7, 11) is 0. The molecule has 0 fully saturated rings. The summed E-state index contributed by atoms with van der Waals surface area (Å²) in [4.78, 5) is 15.3. The van der Waals surface area contributed by atoms with Crippen LogP contribution in [0, 0.1) is 16.6 Å². The van der Waals surface area contributed by atoms with Crippen molar-refractivity contribution in [3.05, 3.63) is 35.0 Å². The highest BCUT2D eigenvalue weighted by atomic mass is 19.3. The van der Waals surface area contributed by atoms with Crippen molar-refractivity contribution in [1.82, 2.24) is 15.2 Å². The van der Waals surface area contributed by atoms with Crippen molar-refractivity contribution in [3.63, 3.8) is 0 Å². The maximum absolute atomic E-state index is 13.1. The van der Waals surface area contributed by atoms with Crippen LogP contribution in [0.2, 0.25) is 0 Å². The van der Waals surface area contributed by atoms with Gasteiger partial charge in [-0.3, -0.25) is 15.1 Å². The lowest BCUT2D eigenvalue weighted by Crippen LogP contribution is -2.39. The summed E-state index contributed by atoms with van der Waals surface area (Å²) < 4.78 is 38.9. The Morgan fingerprint density at radius 2 is 2.21 bits per heavy atom. The van der Waals surface area contributed by atoms with Crippen LogP contribution in [-0.2, 0) is 0 Å². The van der Waals surface area contributed by atoms with E-state index >= 15 is 0 Å². The number of amides is 1. The van der Waals surface area contributed by atoms with Crippen molar-refractivity contribution in [1.29, 1.82) is 10.8 Å². The standard InChI is InChI=1S/C13H15F3N6O2/c1-6(18)22(13(15)16)10(19)8(3-17)5-20-11(23)7-2-9(14)12(24)21-4-7/h2-4,13,17-18H,5,19H2,1H3,(H,20,23)(H,21,24)/b10-8-,17-3?,18-6?. The first-order valence-corrected chi connectivity index (χ1v) is 6.43. The Bertz CT molecular complexity index is 692. The summed E-state index contributed by atoms with van der Waals surface area (Å²) in [6, 6.07) is 0.738. The molecule has 0 radical (unpaired) electrons. The molecule has 0 aliphatic carbocycles. The van der Waals surface area contributed by atoms with Gasteiger partial charge in [-0.2, -0.15) is 8.78 Å². The van der Waals surface area contributed by atoms with E-state index in [1.54, 1.807) is 0 Å². The largest absolute Gasteiger partial charge is 0.491 e. The molecule has 1 amide bonds. The third-order valence-electron chi connectivity index (χ3n) is 2.84. The number of carbonyl (C=O) groups excluding carboxylic acids is 1. The van der Waals surface area contributed by atoms with Crippen LogP contribution in [0.3, 0.4) is 0 Å². The summed E-state index contributed by atoms with van der Waals surface area (Å²) >= 11 is 0. The van der Waals surface area contributed by atoms with E-state index in [1.165, 1.54) is 0 Å². The Balaban J connectivity index is 2.94. The van der Waals surface area contributed by atoms with Crippen molar-refractivity contribution in [3.8, 4) is 5.88 Å². The molecule has 0 aliphatic heterocycles. The molecule has 8 nitrogen and oxygen atoms in total. The summed E-state index contributed by atoms with van der Waals surface area (Å²) in [6.07, 6.45) is 1.57. The third-order valence-corrected chi connectivity index (χ3v) is 2.84. The predicted molar refractivity (Wildman–Crippen MR) is 79.4 cm³/mol. The number of carbonyl (C=O) groups is 1. The Morgan fingerprint density at radius 3 is 2.67 bits per heavy atom. The van der Waals surface area contributed by atoms with Crippen molar-refractivity contribution >= 4 is 18.0 Å². The molecule has 1 rings (SSSR count). The normalized spacial score (nSPS) is 11.7. The predicted octanol–water partition coefficient (Wildman–Crippen LogP) is 0.998. The van der Waals surface area contributed by atoms with E-state index in [2.05, 4.69) is 10.3 Å². The molecule has 24 heavy (non-hydrogen) atoms. The highest BCUT2D eigenvalue weighted by Gasteiger charge is 2.22. The molecule has 6 N–H and O–H groups in total. The van der Waals surface area contributed by atoms with Crippen LogP contribution in [0.1, 0.15) is 17.3 Å². The van der Waals surface area contributed by atoms with Crippen LogP contribution < -0.4 is 11.1 Å². The zero-order valence-electron chi connectivity index (χ0n) is 12.5. The second kappa shape index (κ2) is 7.94. The SMILES string of the molecule is CC(=N)N(/C(N)=C(/C=N)CNC(=O)c1cnc(O)c(F)c1)C(F)F.